The molecule has 1 aliphatic rings. The van der Waals surface area contributed by atoms with Crippen molar-refractivity contribution in [2.24, 2.45) is 5.41 Å². The molecule has 1 unspecified atom stereocenters. The van der Waals surface area contributed by atoms with Crippen molar-refractivity contribution in [3.05, 3.63) is 0 Å². The molecule has 0 heterocycles. The van der Waals surface area contributed by atoms with Crippen LogP contribution in [0.2, 0.25) is 0 Å². The first-order chi connectivity index (χ1) is 3.52. The number of hydrogen-bond acceptors (Lipinski definition) is 1. The fraction of sp³-hybridized carbons (Fsp3) is 0.800. The molecule has 0 aliphatic heterocycles. The van der Waals surface area contributed by atoms with Crippen LogP contribution in [0, 0.1) is 16.7 Å². The molecular weight excluding hydrogens is 328 g/mol. The first-order valence-electron chi connectivity index (χ1n) is 2.31. The van der Waals surface area contributed by atoms with E-state index < -0.39 is 0 Å². The van der Waals surface area contributed by atoms with Gasteiger partial charge in [-0.15, -0.1) is 0 Å². The van der Waals surface area contributed by atoms with Gasteiger partial charge in [0, 0.05) is 0 Å². The molecule has 0 aromatic carbocycles. The average molecular weight is 333 g/mol. The molecule has 8 heavy (non-hydrogen) atoms. The third kappa shape index (κ3) is 0.856. The molecule has 3 heteroatoms. The van der Waals surface area contributed by atoms with E-state index in [0.29, 0.717) is 0 Å². The van der Waals surface area contributed by atoms with Gasteiger partial charge < -0.3 is 0 Å². The topological polar surface area (TPSA) is 23.8 Å². The first-order valence-corrected chi connectivity index (χ1v) is 4.47. The van der Waals surface area contributed by atoms with Gasteiger partial charge in [0.05, 0.1) is 12.9 Å². The maximum Gasteiger partial charge on any atom is 0.0933 e. The molecule has 0 aromatic heterocycles. The Bertz CT molecular complexity index is 158. The van der Waals surface area contributed by atoms with Crippen LogP contribution < -0.4 is 0 Å². The predicted octanol–water partition coefficient (Wildman–Crippen LogP) is 2.49. The Morgan fingerprint density at radius 2 is 2.00 bits per heavy atom. The Balaban J connectivity index is 2.72. The molecule has 1 saturated carbocycles. The first kappa shape index (κ1) is 7.06. The number of alkyl halides is 2. The van der Waals surface area contributed by atoms with E-state index >= 15 is 0 Å². The number of nitrogens with zero attached hydrogens (tertiary/aromatic N) is 1. The van der Waals surface area contributed by atoms with Crippen molar-refractivity contribution in [2.75, 3.05) is 0 Å². The minimum atomic E-state index is -0.0336. The van der Waals surface area contributed by atoms with Gasteiger partial charge in [0.15, 0.2) is 0 Å². The summed E-state index contributed by atoms with van der Waals surface area (Å²) in [6, 6.07) is 2.29. The van der Waals surface area contributed by atoms with Crippen molar-refractivity contribution in [3.8, 4) is 6.07 Å². The highest BCUT2D eigenvalue weighted by Gasteiger charge is 2.62. The molecule has 1 nitrogen and oxygen atoms in total. The zero-order valence-corrected chi connectivity index (χ0v) is 8.73. The van der Waals surface area contributed by atoms with Gasteiger partial charge in [-0.05, 0) is 13.3 Å². The molecular formula is C5H5I2N. The Labute approximate surface area is 76.1 Å². The van der Waals surface area contributed by atoms with Crippen molar-refractivity contribution in [1.82, 2.24) is 0 Å². The van der Waals surface area contributed by atoms with Crippen LogP contribution >= 0.6 is 45.2 Å². The van der Waals surface area contributed by atoms with E-state index in [2.05, 4.69) is 51.3 Å². The minimum absolute atomic E-state index is 0.0336. The van der Waals surface area contributed by atoms with E-state index in [4.69, 9.17) is 5.26 Å². The summed E-state index contributed by atoms with van der Waals surface area (Å²) in [7, 11) is 0. The van der Waals surface area contributed by atoms with E-state index in [0.717, 1.165) is 6.42 Å². The summed E-state index contributed by atoms with van der Waals surface area (Å²) in [4.78, 5) is 0. The lowest BCUT2D eigenvalue weighted by molar-refractivity contribution is 0.772. The van der Waals surface area contributed by atoms with Crippen molar-refractivity contribution < 1.29 is 0 Å². The highest BCUT2D eigenvalue weighted by molar-refractivity contribution is 14.2. The van der Waals surface area contributed by atoms with Crippen molar-refractivity contribution in [2.45, 2.75) is 14.8 Å². The van der Waals surface area contributed by atoms with E-state index in [1.165, 1.54) is 0 Å². The van der Waals surface area contributed by atoms with Gasteiger partial charge in [-0.2, -0.15) is 5.26 Å². The highest BCUT2D eigenvalue weighted by atomic mass is 127. The van der Waals surface area contributed by atoms with Gasteiger partial charge in [-0.3, -0.25) is 0 Å². The van der Waals surface area contributed by atoms with Gasteiger partial charge in [0.25, 0.3) is 0 Å². The summed E-state index contributed by atoms with van der Waals surface area (Å²) in [5, 5.41) is 8.54. The highest BCUT2D eigenvalue weighted by Crippen LogP contribution is 2.66. The molecule has 0 aromatic rings. The fourth-order valence-electron chi connectivity index (χ4n) is 0.521. The Morgan fingerprint density at radius 3 is 2.00 bits per heavy atom. The van der Waals surface area contributed by atoms with Gasteiger partial charge >= 0.3 is 0 Å². The largest absolute Gasteiger partial charge is 0.198 e. The lowest BCUT2D eigenvalue weighted by Gasteiger charge is -1.97. The summed E-state index contributed by atoms with van der Waals surface area (Å²) in [6.07, 6.45) is 1.04. The molecule has 1 fully saturated rings. The molecule has 1 aliphatic carbocycles. The summed E-state index contributed by atoms with van der Waals surface area (Å²) < 4.78 is 0.233. The van der Waals surface area contributed by atoms with Gasteiger partial charge in [-0.25, -0.2) is 0 Å². The number of nitriles is 1. The summed E-state index contributed by atoms with van der Waals surface area (Å²) in [5.74, 6) is 0. The monoisotopic (exact) mass is 333 g/mol. The van der Waals surface area contributed by atoms with Crippen LogP contribution in [0.1, 0.15) is 13.3 Å². The molecule has 0 amide bonds. The molecule has 1 rings (SSSR count). The minimum Gasteiger partial charge on any atom is -0.198 e. The molecule has 0 spiro atoms. The third-order valence-electron chi connectivity index (χ3n) is 1.50. The molecule has 0 radical (unpaired) electrons. The summed E-state index contributed by atoms with van der Waals surface area (Å²) in [6.45, 7) is 2.01. The standard InChI is InChI=1S/C5H5I2N/c1-4(3-8)2-5(4,6)7/h2H2,1H3. The normalized spacial score (nSPS) is 40.8. The SMILES string of the molecule is CC1(C#N)CC1(I)I. The van der Waals surface area contributed by atoms with Crippen molar-refractivity contribution in [3.63, 3.8) is 0 Å². The Kier molecular flexibility index (Phi) is 1.52. The van der Waals surface area contributed by atoms with E-state index in [-0.39, 0.29) is 6.84 Å². The number of hydrogen-bond donors (Lipinski definition) is 0. The summed E-state index contributed by atoms with van der Waals surface area (Å²) in [5.41, 5.74) is -0.0336. The summed E-state index contributed by atoms with van der Waals surface area (Å²) >= 11 is 4.66. The molecule has 0 saturated heterocycles. The lowest BCUT2D eigenvalue weighted by atomic mass is 10.2. The van der Waals surface area contributed by atoms with Crippen LogP contribution in [-0.4, -0.2) is 1.43 Å². The van der Waals surface area contributed by atoms with Crippen molar-refractivity contribution in [1.29, 1.82) is 5.26 Å². The maximum absolute atomic E-state index is 8.54. The van der Waals surface area contributed by atoms with Crippen LogP contribution in [0.4, 0.5) is 0 Å². The zero-order chi connectivity index (χ0) is 6.41. The van der Waals surface area contributed by atoms with Crippen LogP contribution in [-0.2, 0) is 0 Å². The molecule has 0 bridgehead atoms. The second kappa shape index (κ2) is 1.72. The zero-order valence-electron chi connectivity index (χ0n) is 4.41. The molecule has 0 N–H and O–H groups in total. The smallest absolute Gasteiger partial charge is 0.0933 e. The second-order valence-electron chi connectivity index (χ2n) is 2.33. The molecule has 44 valence electrons. The number of rotatable bonds is 0. The van der Waals surface area contributed by atoms with E-state index in [1.807, 2.05) is 6.92 Å². The maximum atomic E-state index is 8.54. The Morgan fingerprint density at radius 1 is 1.62 bits per heavy atom. The van der Waals surface area contributed by atoms with Crippen molar-refractivity contribution >= 4 is 45.2 Å². The predicted molar refractivity (Wildman–Crippen MR) is 49.1 cm³/mol. The van der Waals surface area contributed by atoms with Crippen LogP contribution in [0.5, 0.6) is 0 Å². The fourth-order valence-corrected chi connectivity index (χ4v) is 2.29. The molecule has 1 atom stereocenters. The third-order valence-corrected chi connectivity index (χ3v) is 4.65. The Hall–Kier alpha value is 0.950. The van der Waals surface area contributed by atoms with Crippen LogP contribution in [0.15, 0.2) is 0 Å². The van der Waals surface area contributed by atoms with E-state index in [1.54, 1.807) is 0 Å². The average Bonchev–Trinajstić information content (AvgIpc) is 2.10. The van der Waals surface area contributed by atoms with Crippen LogP contribution in [0.25, 0.3) is 0 Å². The van der Waals surface area contributed by atoms with E-state index in [9.17, 15) is 0 Å². The second-order valence-corrected chi connectivity index (χ2v) is 8.07. The van der Waals surface area contributed by atoms with Gasteiger partial charge in [-0.1, -0.05) is 45.2 Å². The van der Waals surface area contributed by atoms with Gasteiger partial charge in [0.1, 0.15) is 0 Å². The quantitative estimate of drug-likeness (QED) is 0.494. The van der Waals surface area contributed by atoms with Crippen LogP contribution in [0.3, 0.4) is 0 Å². The van der Waals surface area contributed by atoms with Gasteiger partial charge in [0.2, 0.25) is 0 Å². The lowest BCUT2D eigenvalue weighted by Crippen LogP contribution is -1.97. The number of halogens is 2.